The van der Waals surface area contributed by atoms with Gasteiger partial charge in [-0.15, -0.1) is 35.7 Å². The summed E-state index contributed by atoms with van der Waals surface area (Å²) in [6, 6.07) is 27.6. The van der Waals surface area contributed by atoms with Crippen molar-refractivity contribution in [2.75, 3.05) is 7.11 Å². The number of benzene rings is 4. The van der Waals surface area contributed by atoms with Gasteiger partial charge in [0.15, 0.2) is 0 Å². The minimum atomic E-state index is 0. The van der Waals surface area contributed by atoms with Gasteiger partial charge in [-0.2, -0.15) is 16.7 Å². The van der Waals surface area contributed by atoms with Gasteiger partial charge in [-0.1, -0.05) is 43.5 Å². The molecule has 256 valence electrons. The van der Waals surface area contributed by atoms with E-state index >= 15 is 0 Å². The van der Waals surface area contributed by atoms with E-state index < -0.39 is 0 Å². The number of pyridine rings is 1. The van der Waals surface area contributed by atoms with Crippen molar-refractivity contribution in [2.45, 2.75) is 68.2 Å². The third kappa shape index (κ3) is 5.93. The number of ether oxygens (including phenoxy) is 2. The standard InChI is InChI=1S/C43H42N4O2.Pd/c1-10-13-32-20-33(47-31(8)43(30(7)45-47)42-28(5)26(3)25(2)27(4)29(42)6)22-36(21-32)49-35-16-17-38-37-14-11-12-15-39(37)46(40(38)23-35)41-24-34(48-9)18-19-44-41;/h11-12,14-21,24H,10,13H2,1-9H3;/q-2;+2. The molecular formula is C43H42N4O2Pd. The van der Waals surface area contributed by atoms with Gasteiger partial charge in [-0.3, -0.25) is 4.68 Å². The van der Waals surface area contributed by atoms with Crippen molar-refractivity contribution in [1.82, 2.24) is 19.3 Å². The Bertz CT molecular complexity index is 2370. The van der Waals surface area contributed by atoms with Crippen LogP contribution in [0, 0.1) is 60.6 Å². The molecule has 0 fully saturated rings. The van der Waals surface area contributed by atoms with Crippen molar-refractivity contribution < 1.29 is 29.9 Å². The summed E-state index contributed by atoms with van der Waals surface area (Å²) >= 11 is 0. The molecule has 0 saturated carbocycles. The van der Waals surface area contributed by atoms with Crippen LogP contribution < -0.4 is 9.47 Å². The second-order valence-corrected chi connectivity index (χ2v) is 13.0. The van der Waals surface area contributed by atoms with Gasteiger partial charge in [0.2, 0.25) is 0 Å². The number of hydrogen-bond acceptors (Lipinski definition) is 4. The molecule has 7 aromatic rings. The van der Waals surface area contributed by atoms with Crippen LogP contribution in [0.3, 0.4) is 0 Å². The average molecular weight is 753 g/mol. The maximum absolute atomic E-state index is 6.60. The zero-order valence-electron chi connectivity index (χ0n) is 30.2. The molecule has 0 radical (unpaired) electrons. The van der Waals surface area contributed by atoms with E-state index in [0.717, 1.165) is 63.3 Å². The van der Waals surface area contributed by atoms with Crippen molar-refractivity contribution in [3.05, 3.63) is 124 Å². The smallest absolute Gasteiger partial charge is 0.509 e. The van der Waals surface area contributed by atoms with Gasteiger partial charge in [-0.25, -0.2) is 4.98 Å². The first-order valence-electron chi connectivity index (χ1n) is 16.9. The van der Waals surface area contributed by atoms with E-state index in [9.17, 15) is 0 Å². The zero-order valence-corrected chi connectivity index (χ0v) is 31.7. The summed E-state index contributed by atoms with van der Waals surface area (Å²) < 4.78 is 16.3. The molecule has 7 heteroatoms. The summed E-state index contributed by atoms with van der Waals surface area (Å²) in [5.41, 5.74) is 15.2. The van der Waals surface area contributed by atoms with E-state index in [-0.39, 0.29) is 20.4 Å². The number of hydrogen-bond donors (Lipinski definition) is 0. The molecule has 0 saturated heterocycles. The van der Waals surface area contributed by atoms with Crippen LogP contribution in [-0.2, 0) is 26.8 Å². The van der Waals surface area contributed by atoms with Gasteiger partial charge in [-0.05, 0) is 105 Å². The van der Waals surface area contributed by atoms with Crippen molar-refractivity contribution in [3.8, 4) is 39.9 Å². The van der Waals surface area contributed by atoms with Gasteiger partial charge in [0.05, 0.1) is 12.8 Å². The summed E-state index contributed by atoms with van der Waals surface area (Å²) in [5, 5.41) is 7.28. The van der Waals surface area contributed by atoms with E-state index in [1.165, 1.54) is 44.5 Å². The van der Waals surface area contributed by atoms with Gasteiger partial charge in [0, 0.05) is 40.5 Å². The van der Waals surface area contributed by atoms with E-state index in [2.05, 4.69) is 108 Å². The van der Waals surface area contributed by atoms with Crippen LogP contribution in [0.4, 0.5) is 0 Å². The molecule has 0 bridgehead atoms. The van der Waals surface area contributed by atoms with Crippen LogP contribution in [0.2, 0.25) is 0 Å². The number of methoxy groups -OCH3 is 1. The maximum atomic E-state index is 6.60. The molecule has 0 N–H and O–H groups in total. The Morgan fingerprint density at radius 2 is 1.46 bits per heavy atom. The quantitative estimate of drug-likeness (QED) is 0.115. The van der Waals surface area contributed by atoms with E-state index in [4.69, 9.17) is 19.6 Å². The van der Waals surface area contributed by atoms with Crippen molar-refractivity contribution in [3.63, 3.8) is 0 Å². The molecule has 0 aliphatic heterocycles. The molecule has 3 heterocycles. The minimum Gasteiger partial charge on any atom is -0.509 e. The largest absolute Gasteiger partial charge is 2.00 e. The molecule has 0 atom stereocenters. The predicted molar refractivity (Wildman–Crippen MR) is 199 cm³/mol. The summed E-state index contributed by atoms with van der Waals surface area (Å²) in [6.07, 6.45) is 3.69. The van der Waals surface area contributed by atoms with Crippen molar-refractivity contribution in [1.29, 1.82) is 0 Å². The van der Waals surface area contributed by atoms with Crippen LogP contribution in [0.25, 0.3) is 44.4 Å². The first-order chi connectivity index (χ1) is 23.6. The van der Waals surface area contributed by atoms with Crippen molar-refractivity contribution in [2.24, 2.45) is 0 Å². The van der Waals surface area contributed by atoms with E-state index in [1.807, 2.05) is 28.9 Å². The van der Waals surface area contributed by atoms with Gasteiger partial charge < -0.3 is 14.0 Å². The zero-order chi connectivity index (χ0) is 34.6. The molecule has 0 unspecified atom stereocenters. The average Bonchev–Trinajstić information content (AvgIpc) is 3.59. The number of aryl methyl sites for hydroxylation is 2. The topological polar surface area (TPSA) is 54.1 Å². The first kappa shape index (κ1) is 35.1. The molecule has 50 heavy (non-hydrogen) atoms. The number of rotatable bonds is 8. The van der Waals surface area contributed by atoms with Crippen LogP contribution in [-0.4, -0.2) is 26.4 Å². The molecular weight excluding hydrogens is 711 g/mol. The monoisotopic (exact) mass is 752 g/mol. The Labute approximate surface area is 308 Å². The minimum absolute atomic E-state index is 0. The predicted octanol–water partition coefficient (Wildman–Crippen LogP) is 10.5. The first-order valence-corrected chi connectivity index (χ1v) is 16.9. The fraction of sp³-hybridized carbons (Fsp3) is 0.256. The van der Waals surface area contributed by atoms with E-state index in [0.29, 0.717) is 11.5 Å². The third-order valence-electron chi connectivity index (χ3n) is 10.2. The molecule has 6 nitrogen and oxygen atoms in total. The summed E-state index contributed by atoms with van der Waals surface area (Å²) in [6.45, 7) is 17.6. The molecule has 0 aliphatic rings. The Balaban J connectivity index is 0.00000432. The van der Waals surface area contributed by atoms with Crippen LogP contribution in [0.5, 0.6) is 17.2 Å². The summed E-state index contributed by atoms with van der Waals surface area (Å²) in [4.78, 5) is 4.69. The SMILES string of the molecule is CCCc1cc(Oc2[c-]c3c(cc2)c2ccccc2n3-c2cc(OC)ccn2)[c-]c(-n2nc(C)c(-c3c(C)c(C)c(C)c(C)c3C)c2C)c1.[Pd+2]. The summed E-state index contributed by atoms with van der Waals surface area (Å²) in [7, 11) is 1.67. The second kappa shape index (κ2) is 13.9. The normalized spacial score (nSPS) is 11.3. The number of fused-ring (bicyclic) bond motifs is 3. The molecule has 0 amide bonds. The molecule has 7 rings (SSSR count). The van der Waals surface area contributed by atoms with Gasteiger partial charge >= 0.3 is 20.4 Å². The van der Waals surface area contributed by atoms with Gasteiger partial charge in [0.1, 0.15) is 11.6 Å². The molecule has 0 aliphatic carbocycles. The molecule has 0 spiro atoms. The van der Waals surface area contributed by atoms with Crippen LogP contribution in [0.1, 0.15) is 58.1 Å². The third-order valence-corrected chi connectivity index (χ3v) is 10.2. The number of nitrogens with zero attached hydrogens (tertiary/aromatic N) is 4. The Morgan fingerprint density at radius 3 is 2.18 bits per heavy atom. The second-order valence-electron chi connectivity index (χ2n) is 13.0. The maximum Gasteiger partial charge on any atom is 2.00 e. The van der Waals surface area contributed by atoms with Crippen LogP contribution >= 0.6 is 0 Å². The molecule has 4 aromatic carbocycles. The van der Waals surface area contributed by atoms with Crippen molar-refractivity contribution >= 4 is 21.8 Å². The van der Waals surface area contributed by atoms with Crippen LogP contribution in [0.15, 0.2) is 66.9 Å². The Morgan fingerprint density at radius 1 is 0.740 bits per heavy atom. The fourth-order valence-corrected chi connectivity index (χ4v) is 7.24. The Kier molecular flexibility index (Phi) is 9.77. The Hall–Kier alpha value is -4.70. The summed E-state index contributed by atoms with van der Waals surface area (Å²) in [5.74, 6) is 2.72. The van der Waals surface area contributed by atoms with Gasteiger partial charge in [0.25, 0.3) is 0 Å². The molecule has 3 aromatic heterocycles. The number of para-hydroxylation sites is 1. The number of aromatic nitrogens is 4. The fourth-order valence-electron chi connectivity index (χ4n) is 7.24. The van der Waals surface area contributed by atoms with E-state index in [1.54, 1.807) is 13.3 Å².